The molecule has 5 atom stereocenters. The fourth-order valence-electron chi connectivity index (χ4n) is 3.50. The van der Waals surface area contributed by atoms with Crippen LogP contribution in [0.25, 0.3) is 0 Å². The molecule has 3 rings (SSSR count). The van der Waals surface area contributed by atoms with Gasteiger partial charge in [0.2, 0.25) is 0 Å². The molecule has 2 aromatic rings. The lowest BCUT2D eigenvalue weighted by atomic mass is 9.98. The molecule has 2 aromatic carbocycles. The van der Waals surface area contributed by atoms with Crippen molar-refractivity contribution < 1.29 is 45.9 Å². The average molecular weight is 495 g/mol. The molecule has 0 amide bonds. The van der Waals surface area contributed by atoms with Crippen molar-refractivity contribution in [3.63, 3.8) is 0 Å². The van der Waals surface area contributed by atoms with Crippen LogP contribution >= 0.6 is 0 Å². The van der Waals surface area contributed by atoms with E-state index in [9.17, 15) is 18.0 Å². The van der Waals surface area contributed by atoms with Crippen LogP contribution in [0.3, 0.4) is 0 Å². The fourth-order valence-corrected chi connectivity index (χ4v) is 4.10. The van der Waals surface area contributed by atoms with Crippen molar-refractivity contribution in [1.29, 1.82) is 0 Å². The van der Waals surface area contributed by atoms with Gasteiger partial charge in [-0.15, -0.1) is 0 Å². The maximum atomic E-state index is 12.8. The minimum absolute atomic E-state index is 0.256. The van der Waals surface area contributed by atoms with Gasteiger partial charge < -0.3 is 23.7 Å². The first-order valence-electron chi connectivity index (χ1n) is 10.3. The Labute approximate surface area is 197 Å². The van der Waals surface area contributed by atoms with Gasteiger partial charge in [-0.3, -0.25) is 4.18 Å². The SMILES string of the molecule is COC1OC(COC(=O)c2ccccc2)C(OC(=O)c2ccccc2)C(OC)C1OS(C)(=O)=O. The molecule has 0 aromatic heterocycles. The van der Waals surface area contributed by atoms with E-state index in [1.165, 1.54) is 14.2 Å². The first-order chi connectivity index (χ1) is 16.2. The lowest BCUT2D eigenvalue weighted by Crippen LogP contribution is -2.62. The van der Waals surface area contributed by atoms with Crippen LogP contribution in [0.1, 0.15) is 20.7 Å². The first kappa shape index (κ1) is 25.8. The number of esters is 2. The van der Waals surface area contributed by atoms with Crippen LogP contribution in [0, 0.1) is 0 Å². The zero-order chi connectivity index (χ0) is 24.7. The molecule has 1 fully saturated rings. The van der Waals surface area contributed by atoms with Gasteiger partial charge >= 0.3 is 11.9 Å². The molecule has 1 saturated heterocycles. The van der Waals surface area contributed by atoms with E-state index in [-0.39, 0.29) is 12.2 Å². The lowest BCUT2D eigenvalue weighted by Gasteiger charge is -2.43. The van der Waals surface area contributed by atoms with Gasteiger partial charge in [0.15, 0.2) is 18.5 Å². The summed E-state index contributed by atoms with van der Waals surface area (Å²) in [4.78, 5) is 25.2. The Balaban J connectivity index is 1.87. The molecule has 184 valence electrons. The second-order valence-electron chi connectivity index (χ2n) is 7.44. The van der Waals surface area contributed by atoms with Gasteiger partial charge in [0.1, 0.15) is 18.8 Å². The van der Waals surface area contributed by atoms with Crippen molar-refractivity contribution in [1.82, 2.24) is 0 Å². The molecule has 1 aliphatic rings. The summed E-state index contributed by atoms with van der Waals surface area (Å²) in [7, 11) is -1.36. The molecule has 0 saturated carbocycles. The van der Waals surface area contributed by atoms with Gasteiger partial charge in [0.25, 0.3) is 10.1 Å². The molecule has 0 N–H and O–H groups in total. The summed E-state index contributed by atoms with van der Waals surface area (Å²) in [5, 5.41) is 0. The predicted molar refractivity (Wildman–Crippen MR) is 119 cm³/mol. The fraction of sp³-hybridized carbons (Fsp3) is 0.391. The highest BCUT2D eigenvalue weighted by Gasteiger charge is 2.51. The van der Waals surface area contributed by atoms with Crippen LogP contribution < -0.4 is 0 Å². The third kappa shape index (κ3) is 6.61. The molecule has 34 heavy (non-hydrogen) atoms. The van der Waals surface area contributed by atoms with Crippen molar-refractivity contribution in [3.8, 4) is 0 Å². The zero-order valence-corrected chi connectivity index (χ0v) is 19.7. The Kier molecular flexibility index (Phi) is 8.75. The van der Waals surface area contributed by atoms with E-state index in [1.807, 2.05) is 0 Å². The third-order valence-corrected chi connectivity index (χ3v) is 5.59. The summed E-state index contributed by atoms with van der Waals surface area (Å²) in [6.07, 6.45) is -5.01. The molecule has 5 unspecified atom stereocenters. The van der Waals surface area contributed by atoms with Crippen molar-refractivity contribution in [3.05, 3.63) is 71.8 Å². The Morgan fingerprint density at radius 2 is 1.38 bits per heavy atom. The minimum Gasteiger partial charge on any atom is -0.459 e. The van der Waals surface area contributed by atoms with Gasteiger partial charge in [-0.25, -0.2) is 9.59 Å². The number of rotatable bonds is 9. The Hall–Kier alpha value is -2.83. The summed E-state index contributed by atoms with van der Waals surface area (Å²) in [6.45, 7) is -0.328. The van der Waals surface area contributed by atoms with E-state index in [0.29, 0.717) is 5.56 Å². The third-order valence-electron chi connectivity index (χ3n) is 5.02. The zero-order valence-electron chi connectivity index (χ0n) is 18.9. The quantitative estimate of drug-likeness (QED) is 0.376. The van der Waals surface area contributed by atoms with Crippen LogP contribution in [0.15, 0.2) is 60.7 Å². The van der Waals surface area contributed by atoms with E-state index in [2.05, 4.69) is 0 Å². The summed E-state index contributed by atoms with van der Waals surface area (Å²) in [5.74, 6) is -1.32. The molecule has 11 heteroatoms. The molecule has 0 aliphatic carbocycles. The topological polar surface area (TPSA) is 124 Å². The highest BCUT2D eigenvalue weighted by atomic mass is 32.2. The van der Waals surface area contributed by atoms with Gasteiger partial charge in [-0.2, -0.15) is 8.42 Å². The van der Waals surface area contributed by atoms with Crippen LogP contribution in [-0.2, 0) is 38.0 Å². The Bertz CT molecular complexity index is 1060. The monoisotopic (exact) mass is 494 g/mol. The van der Waals surface area contributed by atoms with Gasteiger partial charge in [0, 0.05) is 14.2 Å². The van der Waals surface area contributed by atoms with E-state index in [0.717, 1.165) is 6.26 Å². The molecular weight excluding hydrogens is 468 g/mol. The number of carbonyl (C=O) groups excluding carboxylic acids is 2. The van der Waals surface area contributed by atoms with Gasteiger partial charge in [-0.05, 0) is 24.3 Å². The van der Waals surface area contributed by atoms with E-state index in [1.54, 1.807) is 60.7 Å². The smallest absolute Gasteiger partial charge is 0.338 e. The van der Waals surface area contributed by atoms with Crippen LogP contribution in [0.4, 0.5) is 0 Å². The molecule has 0 radical (unpaired) electrons. The summed E-state index contributed by atoms with van der Waals surface area (Å²) >= 11 is 0. The number of hydrogen-bond donors (Lipinski definition) is 0. The molecule has 0 bridgehead atoms. The van der Waals surface area contributed by atoms with Crippen molar-refractivity contribution >= 4 is 22.1 Å². The van der Waals surface area contributed by atoms with E-state index in [4.69, 9.17) is 27.9 Å². The molecule has 1 heterocycles. The van der Waals surface area contributed by atoms with E-state index >= 15 is 0 Å². The molecule has 1 aliphatic heterocycles. The van der Waals surface area contributed by atoms with E-state index < -0.39 is 52.8 Å². The van der Waals surface area contributed by atoms with Crippen LogP contribution in [0.2, 0.25) is 0 Å². The summed E-state index contributed by atoms with van der Waals surface area (Å²) < 4.78 is 56.5. The predicted octanol–water partition coefficient (Wildman–Crippen LogP) is 1.80. The maximum absolute atomic E-state index is 12.8. The normalized spacial score (nSPS) is 24.9. The van der Waals surface area contributed by atoms with Crippen molar-refractivity contribution in [2.75, 3.05) is 27.1 Å². The van der Waals surface area contributed by atoms with Crippen LogP contribution in [-0.4, -0.2) is 78.1 Å². The molecule has 0 spiro atoms. The second kappa shape index (κ2) is 11.5. The highest BCUT2D eigenvalue weighted by Crippen LogP contribution is 2.30. The second-order valence-corrected chi connectivity index (χ2v) is 9.05. The summed E-state index contributed by atoms with van der Waals surface area (Å²) in [6, 6.07) is 16.5. The number of ether oxygens (including phenoxy) is 5. The summed E-state index contributed by atoms with van der Waals surface area (Å²) in [5.41, 5.74) is 0.577. The van der Waals surface area contributed by atoms with Gasteiger partial charge in [0.05, 0.1) is 17.4 Å². The van der Waals surface area contributed by atoms with Crippen LogP contribution in [0.5, 0.6) is 0 Å². The minimum atomic E-state index is -3.96. The van der Waals surface area contributed by atoms with Crippen molar-refractivity contribution in [2.45, 2.75) is 30.7 Å². The van der Waals surface area contributed by atoms with Gasteiger partial charge in [-0.1, -0.05) is 36.4 Å². The number of methoxy groups -OCH3 is 2. The average Bonchev–Trinajstić information content (AvgIpc) is 2.83. The molecule has 10 nitrogen and oxygen atoms in total. The molecular formula is C23H26O10S. The first-order valence-corrected chi connectivity index (χ1v) is 12.1. The Morgan fingerprint density at radius 3 is 1.88 bits per heavy atom. The lowest BCUT2D eigenvalue weighted by molar-refractivity contribution is -0.290. The number of carbonyl (C=O) groups is 2. The maximum Gasteiger partial charge on any atom is 0.338 e. The standard InChI is InChI=1S/C23H26O10S/c1-28-19-18(32-22(25)16-12-8-5-9-13-16)17(14-30-21(24)15-10-6-4-7-11-15)31-23(29-2)20(19)33-34(3,26)27/h4-13,17-20,23H,14H2,1-3H3. The largest absolute Gasteiger partial charge is 0.459 e. The van der Waals surface area contributed by atoms with Crippen molar-refractivity contribution in [2.24, 2.45) is 0 Å². The number of hydrogen-bond acceptors (Lipinski definition) is 10. The highest BCUT2D eigenvalue weighted by molar-refractivity contribution is 7.86. The number of benzene rings is 2. The Morgan fingerprint density at radius 1 is 0.824 bits per heavy atom.